The molecule has 0 saturated carbocycles. The Bertz CT molecular complexity index is 508. The largest absolute Gasteiger partial charge is 0.323 e. The third kappa shape index (κ3) is 2.01. The lowest BCUT2D eigenvalue weighted by atomic mass is 10.2. The predicted octanol–water partition coefficient (Wildman–Crippen LogP) is 2.79. The Morgan fingerprint density at radius 1 is 1.50 bits per heavy atom. The quantitative estimate of drug-likeness (QED) is 0.921. The van der Waals surface area contributed by atoms with Gasteiger partial charge >= 0.3 is 0 Å². The number of rotatable bonds is 2. The molecule has 2 N–H and O–H groups in total. The molecule has 0 fully saturated rings. The summed E-state index contributed by atoms with van der Waals surface area (Å²) >= 11 is 3.22. The van der Waals surface area contributed by atoms with Crippen LogP contribution in [-0.2, 0) is 0 Å². The molecule has 1 aromatic heterocycles. The molecule has 2 aromatic rings. The van der Waals surface area contributed by atoms with Crippen molar-refractivity contribution in [1.29, 1.82) is 0 Å². The first kappa shape index (κ1) is 11.3. The Balaban J connectivity index is 2.54. The highest BCUT2D eigenvalue weighted by Crippen LogP contribution is 2.21. The molecule has 0 unspecified atom stereocenters. The maximum Gasteiger partial charge on any atom is 0.148 e. The van der Waals surface area contributed by atoms with Crippen LogP contribution in [0, 0.1) is 5.82 Å². The first-order valence-electron chi connectivity index (χ1n) is 4.83. The molecule has 3 nitrogen and oxygen atoms in total. The zero-order chi connectivity index (χ0) is 11.7. The second-order valence-electron chi connectivity index (χ2n) is 3.57. The molecule has 1 heterocycles. The molecular formula is C11H11BrFN3. The Hall–Kier alpha value is -1.20. The zero-order valence-electron chi connectivity index (χ0n) is 8.69. The summed E-state index contributed by atoms with van der Waals surface area (Å²) in [6.07, 6.45) is 3.21. The lowest BCUT2D eigenvalue weighted by molar-refractivity contribution is 0.611. The summed E-state index contributed by atoms with van der Waals surface area (Å²) < 4.78 is 16.1. The molecule has 0 saturated heterocycles. The summed E-state index contributed by atoms with van der Waals surface area (Å²) in [5.74, 6) is -0.311. The molecule has 2 rings (SSSR count). The number of nitrogens with zero attached hydrogens (tertiary/aromatic N) is 2. The fourth-order valence-corrected chi connectivity index (χ4v) is 1.85. The lowest BCUT2D eigenvalue weighted by Gasteiger charge is -2.11. The van der Waals surface area contributed by atoms with Gasteiger partial charge in [0.15, 0.2) is 0 Å². The van der Waals surface area contributed by atoms with Crippen LogP contribution >= 0.6 is 15.9 Å². The highest BCUT2D eigenvalue weighted by atomic mass is 79.9. The molecular weight excluding hydrogens is 273 g/mol. The van der Waals surface area contributed by atoms with Crippen molar-refractivity contribution in [2.75, 3.05) is 0 Å². The fourth-order valence-electron chi connectivity index (χ4n) is 1.52. The first-order valence-corrected chi connectivity index (χ1v) is 5.62. The second-order valence-corrected chi connectivity index (χ2v) is 4.49. The molecule has 0 aliphatic rings. The summed E-state index contributed by atoms with van der Waals surface area (Å²) in [7, 11) is 0. The Labute approximate surface area is 101 Å². The highest BCUT2D eigenvalue weighted by molar-refractivity contribution is 9.10. The monoisotopic (exact) mass is 283 g/mol. The molecule has 16 heavy (non-hydrogen) atoms. The van der Waals surface area contributed by atoms with E-state index in [0.29, 0.717) is 10.2 Å². The number of nitrogens with two attached hydrogens (primary N) is 1. The maximum absolute atomic E-state index is 13.7. The van der Waals surface area contributed by atoms with E-state index < -0.39 is 0 Å². The Morgan fingerprint density at radius 3 is 2.88 bits per heavy atom. The van der Waals surface area contributed by atoms with Crippen LogP contribution in [0.1, 0.15) is 18.7 Å². The summed E-state index contributed by atoms with van der Waals surface area (Å²) in [6, 6.07) is 4.70. The van der Waals surface area contributed by atoms with Crippen molar-refractivity contribution >= 4 is 15.9 Å². The van der Waals surface area contributed by atoms with E-state index in [1.54, 1.807) is 29.2 Å². The van der Waals surface area contributed by atoms with Crippen LogP contribution in [0.15, 0.2) is 35.2 Å². The van der Waals surface area contributed by atoms with Gasteiger partial charge in [0.1, 0.15) is 5.82 Å². The number of imidazole rings is 1. The normalized spacial score (nSPS) is 12.8. The van der Waals surface area contributed by atoms with E-state index in [1.165, 1.54) is 6.07 Å². The van der Waals surface area contributed by atoms with Gasteiger partial charge in [0, 0.05) is 10.5 Å². The van der Waals surface area contributed by atoms with Crippen LogP contribution in [0.2, 0.25) is 0 Å². The van der Waals surface area contributed by atoms with E-state index in [4.69, 9.17) is 5.73 Å². The smallest absolute Gasteiger partial charge is 0.148 e. The number of benzene rings is 1. The molecule has 0 bridgehead atoms. The van der Waals surface area contributed by atoms with Crippen LogP contribution in [0.25, 0.3) is 5.69 Å². The molecule has 1 atom stereocenters. The topological polar surface area (TPSA) is 43.8 Å². The van der Waals surface area contributed by atoms with Crippen molar-refractivity contribution in [1.82, 2.24) is 9.55 Å². The summed E-state index contributed by atoms with van der Waals surface area (Å²) in [5.41, 5.74) is 7.01. The molecule has 0 amide bonds. The number of hydrogen-bond donors (Lipinski definition) is 1. The van der Waals surface area contributed by atoms with Gasteiger partial charge < -0.3 is 5.73 Å². The minimum absolute atomic E-state index is 0.189. The van der Waals surface area contributed by atoms with Gasteiger partial charge in [-0.2, -0.15) is 0 Å². The SMILES string of the molecule is C[C@H](N)c1cncn1-c1ccc(Br)cc1F. The molecule has 5 heteroatoms. The van der Waals surface area contributed by atoms with Crippen molar-refractivity contribution < 1.29 is 4.39 Å². The van der Waals surface area contributed by atoms with Crippen molar-refractivity contribution in [2.24, 2.45) is 5.73 Å². The van der Waals surface area contributed by atoms with Gasteiger partial charge in [0.05, 0.1) is 23.9 Å². The molecule has 1 aromatic carbocycles. The second kappa shape index (κ2) is 4.35. The van der Waals surface area contributed by atoms with Gasteiger partial charge in [-0.05, 0) is 25.1 Å². The van der Waals surface area contributed by atoms with Gasteiger partial charge in [0.2, 0.25) is 0 Å². The minimum Gasteiger partial charge on any atom is -0.323 e. The molecule has 84 valence electrons. The third-order valence-electron chi connectivity index (χ3n) is 2.30. The van der Waals surface area contributed by atoms with Crippen LogP contribution in [0.4, 0.5) is 4.39 Å². The summed E-state index contributed by atoms with van der Waals surface area (Å²) in [5, 5.41) is 0. The van der Waals surface area contributed by atoms with E-state index in [0.717, 1.165) is 5.69 Å². The Kier molecular flexibility index (Phi) is 3.07. The van der Waals surface area contributed by atoms with Crippen LogP contribution in [0.3, 0.4) is 0 Å². The van der Waals surface area contributed by atoms with E-state index in [-0.39, 0.29) is 11.9 Å². The van der Waals surface area contributed by atoms with E-state index >= 15 is 0 Å². The van der Waals surface area contributed by atoms with E-state index in [2.05, 4.69) is 20.9 Å². The molecule has 0 aliphatic heterocycles. The lowest BCUT2D eigenvalue weighted by Crippen LogP contribution is -2.11. The van der Waals surface area contributed by atoms with Gasteiger partial charge in [-0.15, -0.1) is 0 Å². The van der Waals surface area contributed by atoms with Crippen molar-refractivity contribution in [3.63, 3.8) is 0 Å². The average molecular weight is 284 g/mol. The van der Waals surface area contributed by atoms with Crippen LogP contribution in [-0.4, -0.2) is 9.55 Å². The molecule has 0 aliphatic carbocycles. The summed E-state index contributed by atoms with van der Waals surface area (Å²) in [6.45, 7) is 1.84. The maximum atomic E-state index is 13.7. The fraction of sp³-hybridized carbons (Fsp3) is 0.182. The average Bonchev–Trinajstić information content (AvgIpc) is 2.66. The third-order valence-corrected chi connectivity index (χ3v) is 2.80. The number of hydrogen-bond acceptors (Lipinski definition) is 2. The van der Waals surface area contributed by atoms with Crippen LogP contribution in [0.5, 0.6) is 0 Å². The predicted molar refractivity (Wildman–Crippen MR) is 63.8 cm³/mol. The first-order chi connectivity index (χ1) is 7.59. The van der Waals surface area contributed by atoms with E-state index in [9.17, 15) is 4.39 Å². The van der Waals surface area contributed by atoms with Gasteiger partial charge in [-0.1, -0.05) is 15.9 Å². The highest BCUT2D eigenvalue weighted by Gasteiger charge is 2.11. The van der Waals surface area contributed by atoms with Gasteiger partial charge in [-0.25, -0.2) is 9.37 Å². The van der Waals surface area contributed by atoms with Crippen molar-refractivity contribution in [3.05, 3.63) is 46.7 Å². The number of aromatic nitrogens is 2. The Morgan fingerprint density at radius 2 is 2.25 bits per heavy atom. The molecule has 0 spiro atoms. The van der Waals surface area contributed by atoms with Gasteiger partial charge in [-0.3, -0.25) is 4.57 Å². The standard InChI is InChI=1S/C11H11BrFN3/c1-7(14)11-5-15-6-16(11)10-3-2-8(12)4-9(10)13/h2-7H,14H2,1H3/t7-/m0/s1. The minimum atomic E-state index is -0.311. The molecule has 0 radical (unpaired) electrons. The number of halogens is 2. The summed E-state index contributed by atoms with van der Waals surface area (Å²) in [4.78, 5) is 3.99. The zero-order valence-corrected chi connectivity index (χ0v) is 10.3. The van der Waals surface area contributed by atoms with Gasteiger partial charge in [0.25, 0.3) is 0 Å². The van der Waals surface area contributed by atoms with Crippen LogP contribution < -0.4 is 5.73 Å². The van der Waals surface area contributed by atoms with Crippen molar-refractivity contribution in [2.45, 2.75) is 13.0 Å². The van der Waals surface area contributed by atoms with Crippen molar-refractivity contribution in [3.8, 4) is 5.69 Å². The van der Waals surface area contributed by atoms with E-state index in [1.807, 2.05) is 6.92 Å².